The van der Waals surface area contributed by atoms with E-state index in [4.69, 9.17) is 9.47 Å². The van der Waals surface area contributed by atoms with Crippen LogP contribution >= 0.6 is 0 Å². The zero-order valence-corrected chi connectivity index (χ0v) is 8.77. The largest absolute Gasteiger partial charge is 0.376 e. The molecule has 2 heterocycles. The maximum Gasteiger partial charge on any atom is 0.231 e. The monoisotopic (exact) mass is 211 g/mol. The minimum absolute atomic E-state index is 0.169. The molecule has 1 aromatic heterocycles. The minimum Gasteiger partial charge on any atom is -0.376 e. The number of aromatic nitrogens is 3. The van der Waals surface area contributed by atoms with Crippen molar-refractivity contribution in [1.82, 2.24) is 14.8 Å². The minimum atomic E-state index is -0.541. The van der Waals surface area contributed by atoms with E-state index in [-0.39, 0.29) is 5.78 Å². The van der Waals surface area contributed by atoms with Crippen molar-refractivity contribution in [3.8, 4) is 0 Å². The highest BCUT2D eigenvalue weighted by Gasteiger charge is 2.27. The summed E-state index contributed by atoms with van der Waals surface area (Å²) in [7, 11) is 1.76. The van der Waals surface area contributed by atoms with Crippen molar-refractivity contribution in [2.45, 2.75) is 13.0 Å². The zero-order chi connectivity index (χ0) is 10.8. The summed E-state index contributed by atoms with van der Waals surface area (Å²) in [5, 5.41) is 7.65. The molecule has 6 nitrogen and oxygen atoms in total. The SMILES string of the molecule is Cc1nnc(C(=O)C2COCCO2)n1C. The Morgan fingerprint density at radius 3 is 2.80 bits per heavy atom. The lowest BCUT2D eigenvalue weighted by atomic mass is 10.2. The fourth-order valence-corrected chi connectivity index (χ4v) is 1.40. The molecule has 0 amide bonds. The number of hydrogen-bond donors (Lipinski definition) is 0. The van der Waals surface area contributed by atoms with Crippen LogP contribution in [0.4, 0.5) is 0 Å². The molecule has 1 atom stereocenters. The Balaban J connectivity index is 2.16. The number of nitrogens with zero attached hydrogens (tertiary/aromatic N) is 3. The zero-order valence-electron chi connectivity index (χ0n) is 8.77. The van der Waals surface area contributed by atoms with Gasteiger partial charge >= 0.3 is 0 Å². The second kappa shape index (κ2) is 4.08. The molecule has 0 saturated carbocycles. The number of aryl methyl sites for hydroxylation is 1. The van der Waals surface area contributed by atoms with Gasteiger partial charge in [-0.05, 0) is 6.92 Å². The van der Waals surface area contributed by atoms with Gasteiger partial charge in [-0.15, -0.1) is 10.2 Å². The summed E-state index contributed by atoms with van der Waals surface area (Å²) < 4.78 is 12.1. The van der Waals surface area contributed by atoms with Crippen molar-refractivity contribution in [2.75, 3.05) is 19.8 Å². The Hall–Kier alpha value is -1.27. The standard InChI is InChI=1S/C9H13N3O3/c1-6-10-11-9(12(6)2)8(13)7-5-14-3-4-15-7/h7H,3-5H2,1-2H3. The molecule has 1 unspecified atom stereocenters. The molecule has 6 heteroatoms. The van der Waals surface area contributed by atoms with E-state index in [1.165, 1.54) is 0 Å². The van der Waals surface area contributed by atoms with Crippen LogP contribution in [0.15, 0.2) is 0 Å². The number of ether oxygens (including phenoxy) is 2. The average Bonchev–Trinajstić information content (AvgIpc) is 2.60. The van der Waals surface area contributed by atoms with Crippen LogP contribution in [0.5, 0.6) is 0 Å². The van der Waals surface area contributed by atoms with Crippen LogP contribution in [-0.2, 0) is 16.5 Å². The highest BCUT2D eigenvalue weighted by Crippen LogP contribution is 2.08. The van der Waals surface area contributed by atoms with Gasteiger partial charge in [-0.1, -0.05) is 0 Å². The van der Waals surface area contributed by atoms with Crippen LogP contribution in [0.3, 0.4) is 0 Å². The van der Waals surface area contributed by atoms with E-state index in [9.17, 15) is 4.79 Å². The highest BCUT2D eigenvalue weighted by molar-refractivity contribution is 5.96. The second-order valence-corrected chi connectivity index (χ2v) is 3.43. The first-order chi connectivity index (χ1) is 7.20. The summed E-state index contributed by atoms with van der Waals surface area (Å²) >= 11 is 0. The van der Waals surface area contributed by atoms with Crippen molar-refractivity contribution >= 4 is 5.78 Å². The maximum atomic E-state index is 11.9. The first-order valence-electron chi connectivity index (χ1n) is 4.79. The molecule has 0 N–H and O–H groups in total. The number of hydrogen-bond acceptors (Lipinski definition) is 5. The van der Waals surface area contributed by atoms with Crippen molar-refractivity contribution in [1.29, 1.82) is 0 Å². The second-order valence-electron chi connectivity index (χ2n) is 3.43. The molecule has 1 fully saturated rings. The molecule has 0 radical (unpaired) electrons. The molecule has 1 aromatic rings. The number of ketones is 1. The van der Waals surface area contributed by atoms with E-state index in [2.05, 4.69) is 10.2 Å². The Kier molecular flexibility index (Phi) is 2.79. The molecule has 1 saturated heterocycles. The summed E-state index contributed by atoms with van der Waals surface area (Å²) in [6.45, 7) is 3.08. The molecular formula is C9H13N3O3. The van der Waals surface area contributed by atoms with Crippen molar-refractivity contribution in [2.24, 2.45) is 7.05 Å². The summed E-state index contributed by atoms with van der Waals surface area (Å²) in [4.78, 5) is 11.9. The Morgan fingerprint density at radius 2 is 2.27 bits per heavy atom. The molecule has 1 aliphatic rings. The lowest BCUT2D eigenvalue weighted by Gasteiger charge is -2.21. The van der Waals surface area contributed by atoms with Crippen molar-refractivity contribution in [3.63, 3.8) is 0 Å². The van der Waals surface area contributed by atoms with Crippen molar-refractivity contribution in [3.05, 3.63) is 11.6 Å². The predicted molar refractivity (Wildman–Crippen MR) is 50.6 cm³/mol. The summed E-state index contributed by atoms with van der Waals surface area (Å²) in [5.41, 5.74) is 0. The van der Waals surface area contributed by atoms with Gasteiger partial charge in [-0.3, -0.25) is 4.79 Å². The van der Waals surface area contributed by atoms with Crippen LogP contribution in [0.25, 0.3) is 0 Å². The van der Waals surface area contributed by atoms with Crippen LogP contribution in [0, 0.1) is 6.92 Å². The molecule has 0 aromatic carbocycles. The van der Waals surface area contributed by atoms with E-state index in [1.807, 2.05) is 0 Å². The van der Waals surface area contributed by atoms with Gasteiger partial charge in [0.1, 0.15) is 11.9 Å². The number of rotatable bonds is 2. The van der Waals surface area contributed by atoms with Gasteiger partial charge in [0.25, 0.3) is 0 Å². The molecule has 15 heavy (non-hydrogen) atoms. The third kappa shape index (κ3) is 1.91. The van der Waals surface area contributed by atoms with Gasteiger partial charge in [-0.2, -0.15) is 0 Å². The molecule has 0 aliphatic carbocycles. The van der Waals surface area contributed by atoms with E-state index >= 15 is 0 Å². The third-order valence-electron chi connectivity index (χ3n) is 2.42. The lowest BCUT2D eigenvalue weighted by molar-refractivity contribution is -0.0723. The molecular weight excluding hydrogens is 198 g/mol. The van der Waals surface area contributed by atoms with Gasteiger partial charge in [0.15, 0.2) is 0 Å². The van der Waals surface area contributed by atoms with Gasteiger partial charge in [0, 0.05) is 7.05 Å². The first kappa shape index (κ1) is 10.3. The topological polar surface area (TPSA) is 66.2 Å². The van der Waals surface area contributed by atoms with Crippen LogP contribution in [0.2, 0.25) is 0 Å². The van der Waals surface area contributed by atoms with Crippen LogP contribution < -0.4 is 0 Å². The number of Topliss-reactive ketones (excluding diaryl/α,β-unsaturated/α-hetero) is 1. The fraction of sp³-hybridized carbons (Fsp3) is 0.667. The van der Waals surface area contributed by atoms with E-state index in [0.29, 0.717) is 31.5 Å². The van der Waals surface area contributed by atoms with Gasteiger partial charge in [0.05, 0.1) is 19.8 Å². The molecule has 2 rings (SSSR count). The van der Waals surface area contributed by atoms with Gasteiger partial charge in [0.2, 0.25) is 11.6 Å². The van der Waals surface area contributed by atoms with E-state index in [0.717, 1.165) is 0 Å². The summed E-state index contributed by atoms with van der Waals surface area (Å²) in [6, 6.07) is 0. The maximum absolute atomic E-state index is 11.9. The van der Waals surface area contributed by atoms with Crippen LogP contribution in [0.1, 0.15) is 16.4 Å². The smallest absolute Gasteiger partial charge is 0.231 e. The Bertz CT molecular complexity index is 369. The first-order valence-corrected chi connectivity index (χ1v) is 4.79. The number of carbonyl (C=O) groups excluding carboxylic acids is 1. The van der Waals surface area contributed by atoms with E-state index in [1.54, 1.807) is 18.5 Å². The fourth-order valence-electron chi connectivity index (χ4n) is 1.40. The Morgan fingerprint density at radius 1 is 1.47 bits per heavy atom. The summed E-state index contributed by atoms with van der Waals surface area (Å²) in [6.07, 6.45) is -0.541. The number of carbonyl (C=O) groups is 1. The average molecular weight is 211 g/mol. The quantitative estimate of drug-likeness (QED) is 0.629. The van der Waals surface area contributed by atoms with Crippen LogP contribution in [-0.4, -0.2) is 46.5 Å². The molecule has 82 valence electrons. The highest BCUT2D eigenvalue weighted by atomic mass is 16.6. The van der Waals surface area contributed by atoms with Gasteiger partial charge < -0.3 is 14.0 Å². The Labute approximate surface area is 87.2 Å². The third-order valence-corrected chi connectivity index (χ3v) is 2.42. The van der Waals surface area contributed by atoms with Gasteiger partial charge in [-0.25, -0.2) is 0 Å². The molecule has 0 bridgehead atoms. The normalized spacial score (nSPS) is 21.6. The predicted octanol–water partition coefficient (Wildman–Crippen LogP) is -0.278. The van der Waals surface area contributed by atoms with E-state index < -0.39 is 6.10 Å². The van der Waals surface area contributed by atoms with Crippen molar-refractivity contribution < 1.29 is 14.3 Å². The summed E-state index contributed by atoms with van der Waals surface area (Å²) in [5.74, 6) is 0.857. The molecule has 1 aliphatic heterocycles. The molecule has 0 spiro atoms. The lowest BCUT2D eigenvalue weighted by Crippen LogP contribution is -2.36.